The number of amides is 2. The van der Waals surface area contributed by atoms with Gasteiger partial charge in [-0.1, -0.05) is 0 Å². The zero-order chi connectivity index (χ0) is 18.7. The molecular formula is C18H21ClFN3O4. The number of nitrogens with one attached hydrogen (secondary N) is 2. The second-order valence-corrected chi connectivity index (χ2v) is 6.26. The molecule has 1 aliphatic rings. The van der Waals surface area contributed by atoms with Gasteiger partial charge in [-0.25, -0.2) is 4.39 Å². The van der Waals surface area contributed by atoms with Gasteiger partial charge >= 0.3 is 0 Å². The topological polar surface area (TPSA) is 107 Å². The highest BCUT2D eigenvalue weighted by Crippen LogP contribution is 2.24. The average Bonchev–Trinajstić information content (AvgIpc) is 3.04. The van der Waals surface area contributed by atoms with E-state index in [1.165, 1.54) is 30.5 Å². The first kappa shape index (κ1) is 20.9. The summed E-state index contributed by atoms with van der Waals surface area (Å²) in [4.78, 5) is 24.7. The van der Waals surface area contributed by atoms with Crippen LogP contribution in [0.1, 0.15) is 29.0 Å². The first-order chi connectivity index (χ1) is 12.4. The van der Waals surface area contributed by atoms with Gasteiger partial charge < -0.3 is 25.5 Å². The molecule has 0 aliphatic carbocycles. The van der Waals surface area contributed by atoms with Gasteiger partial charge in [-0.2, -0.15) is 0 Å². The number of furan rings is 1. The summed E-state index contributed by atoms with van der Waals surface area (Å²) < 4.78 is 24.3. The van der Waals surface area contributed by atoms with Crippen LogP contribution in [0.5, 0.6) is 0 Å². The van der Waals surface area contributed by atoms with E-state index < -0.39 is 17.3 Å². The molecule has 0 atom stereocenters. The first-order valence-corrected chi connectivity index (χ1v) is 8.22. The van der Waals surface area contributed by atoms with Crippen LogP contribution in [0.15, 0.2) is 34.9 Å². The fourth-order valence-electron chi connectivity index (χ4n) is 2.73. The third-order valence-electron chi connectivity index (χ3n) is 4.41. The Hall–Kier alpha value is -2.42. The summed E-state index contributed by atoms with van der Waals surface area (Å²) in [6.45, 7) is 2.47. The van der Waals surface area contributed by atoms with E-state index in [0.717, 1.165) is 0 Å². The van der Waals surface area contributed by atoms with Gasteiger partial charge in [0, 0.05) is 18.9 Å². The molecule has 0 unspecified atom stereocenters. The maximum atomic E-state index is 14.0. The highest BCUT2D eigenvalue weighted by Gasteiger charge is 2.36. The van der Waals surface area contributed by atoms with Crippen LogP contribution in [0.4, 0.5) is 15.8 Å². The SMILES string of the molecule is Cc1occc1C(=O)Nc1cc(NC(=O)C2(N)CCOCC2)ccc1F.Cl. The van der Waals surface area contributed by atoms with E-state index in [2.05, 4.69) is 10.6 Å². The molecule has 4 N–H and O–H groups in total. The molecule has 2 aromatic rings. The van der Waals surface area contributed by atoms with Crippen molar-refractivity contribution < 1.29 is 23.1 Å². The number of anilines is 2. The monoisotopic (exact) mass is 397 g/mol. The van der Waals surface area contributed by atoms with Crippen molar-refractivity contribution in [2.45, 2.75) is 25.3 Å². The van der Waals surface area contributed by atoms with Gasteiger partial charge in [-0.15, -0.1) is 12.4 Å². The van der Waals surface area contributed by atoms with E-state index in [9.17, 15) is 14.0 Å². The number of ether oxygens (including phenoxy) is 1. The standard InChI is InChI=1S/C18H20FN3O4.ClH/c1-11-13(4-7-26-11)16(23)22-15-10-12(2-3-14(15)19)21-17(24)18(20)5-8-25-9-6-18;/h2-4,7,10H,5-6,8-9,20H2,1H3,(H,21,24)(H,22,23);1H. The average molecular weight is 398 g/mol. The Morgan fingerprint density at radius 2 is 1.89 bits per heavy atom. The van der Waals surface area contributed by atoms with Crippen molar-refractivity contribution in [3.63, 3.8) is 0 Å². The molecule has 7 nitrogen and oxygen atoms in total. The third-order valence-corrected chi connectivity index (χ3v) is 4.41. The maximum Gasteiger partial charge on any atom is 0.259 e. The predicted molar refractivity (Wildman–Crippen MR) is 101 cm³/mol. The fourth-order valence-corrected chi connectivity index (χ4v) is 2.73. The Morgan fingerprint density at radius 3 is 2.52 bits per heavy atom. The largest absolute Gasteiger partial charge is 0.469 e. The summed E-state index contributed by atoms with van der Waals surface area (Å²) >= 11 is 0. The molecular weight excluding hydrogens is 377 g/mol. The summed E-state index contributed by atoms with van der Waals surface area (Å²) in [6.07, 6.45) is 2.19. The minimum absolute atomic E-state index is 0. The van der Waals surface area contributed by atoms with Crippen LogP contribution in [-0.2, 0) is 9.53 Å². The Bertz CT molecular complexity index is 834. The van der Waals surface area contributed by atoms with Crippen LogP contribution in [0.25, 0.3) is 0 Å². The zero-order valence-corrected chi connectivity index (χ0v) is 15.5. The number of hydrogen-bond acceptors (Lipinski definition) is 5. The molecule has 0 saturated carbocycles. The normalized spacial score (nSPS) is 15.5. The van der Waals surface area contributed by atoms with Crippen molar-refractivity contribution in [1.82, 2.24) is 0 Å². The Morgan fingerprint density at radius 1 is 1.19 bits per heavy atom. The second kappa shape index (κ2) is 8.51. The molecule has 27 heavy (non-hydrogen) atoms. The van der Waals surface area contributed by atoms with Crippen LogP contribution < -0.4 is 16.4 Å². The van der Waals surface area contributed by atoms with Gasteiger partial charge in [0.2, 0.25) is 5.91 Å². The first-order valence-electron chi connectivity index (χ1n) is 8.22. The lowest BCUT2D eigenvalue weighted by Gasteiger charge is -2.31. The lowest BCUT2D eigenvalue weighted by molar-refractivity contribution is -0.124. The molecule has 0 spiro atoms. The lowest BCUT2D eigenvalue weighted by Crippen LogP contribution is -2.54. The number of carbonyl (C=O) groups is 2. The van der Waals surface area contributed by atoms with Crippen molar-refractivity contribution in [3.8, 4) is 0 Å². The van der Waals surface area contributed by atoms with Gasteiger partial charge in [0.1, 0.15) is 17.1 Å². The maximum absolute atomic E-state index is 14.0. The molecule has 2 heterocycles. The van der Waals surface area contributed by atoms with Crippen LogP contribution in [0, 0.1) is 12.7 Å². The quantitative estimate of drug-likeness (QED) is 0.735. The molecule has 0 radical (unpaired) electrons. The molecule has 2 amide bonds. The number of nitrogens with two attached hydrogens (primary N) is 1. The highest BCUT2D eigenvalue weighted by atomic mass is 35.5. The number of aryl methyl sites for hydroxylation is 1. The summed E-state index contributed by atoms with van der Waals surface area (Å²) in [5.74, 6) is -1.06. The number of benzene rings is 1. The predicted octanol–water partition coefficient (Wildman–Crippen LogP) is 2.85. The molecule has 1 aromatic carbocycles. The lowest BCUT2D eigenvalue weighted by atomic mass is 9.90. The van der Waals surface area contributed by atoms with Crippen molar-refractivity contribution in [2.24, 2.45) is 5.73 Å². The minimum atomic E-state index is -1.02. The van der Waals surface area contributed by atoms with Crippen LogP contribution in [0.2, 0.25) is 0 Å². The molecule has 9 heteroatoms. The Balaban J connectivity index is 0.00000261. The van der Waals surface area contributed by atoms with E-state index in [-0.39, 0.29) is 24.0 Å². The van der Waals surface area contributed by atoms with E-state index >= 15 is 0 Å². The van der Waals surface area contributed by atoms with E-state index in [0.29, 0.717) is 43.1 Å². The van der Waals surface area contributed by atoms with Gasteiger partial charge in [0.05, 0.1) is 17.5 Å². The Labute approximate surface area is 161 Å². The smallest absolute Gasteiger partial charge is 0.259 e. The number of halogens is 2. The number of hydrogen-bond donors (Lipinski definition) is 3. The van der Waals surface area contributed by atoms with Crippen LogP contribution >= 0.6 is 12.4 Å². The molecule has 1 aliphatic heterocycles. The molecule has 1 aromatic heterocycles. The zero-order valence-electron chi connectivity index (χ0n) is 14.7. The van der Waals surface area contributed by atoms with Gasteiger partial charge in [0.25, 0.3) is 5.91 Å². The van der Waals surface area contributed by atoms with Gasteiger partial charge in [0.15, 0.2) is 0 Å². The number of carbonyl (C=O) groups excluding carboxylic acids is 2. The third kappa shape index (κ3) is 4.65. The summed E-state index contributed by atoms with van der Waals surface area (Å²) in [7, 11) is 0. The summed E-state index contributed by atoms with van der Waals surface area (Å²) in [5.41, 5.74) is 5.71. The summed E-state index contributed by atoms with van der Waals surface area (Å²) in [5, 5.41) is 5.16. The second-order valence-electron chi connectivity index (χ2n) is 6.26. The number of rotatable bonds is 4. The molecule has 1 fully saturated rings. The van der Waals surface area contributed by atoms with Gasteiger partial charge in [-0.3, -0.25) is 9.59 Å². The molecule has 3 rings (SSSR count). The molecule has 146 valence electrons. The summed E-state index contributed by atoms with van der Waals surface area (Å²) in [6, 6.07) is 5.43. The van der Waals surface area contributed by atoms with Crippen molar-refractivity contribution >= 4 is 35.6 Å². The van der Waals surface area contributed by atoms with E-state index in [4.69, 9.17) is 14.9 Å². The van der Waals surface area contributed by atoms with Crippen molar-refractivity contribution in [1.29, 1.82) is 0 Å². The van der Waals surface area contributed by atoms with Crippen LogP contribution in [0.3, 0.4) is 0 Å². The highest BCUT2D eigenvalue weighted by molar-refractivity contribution is 6.05. The van der Waals surface area contributed by atoms with E-state index in [1.54, 1.807) is 6.92 Å². The van der Waals surface area contributed by atoms with E-state index in [1.807, 2.05) is 0 Å². The van der Waals surface area contributed by atoms with Gasteiger partial charge in [-0.05, 0) is 44.0 Å². The molecule has 0 bridgehead atoms. The molecule has 1 saturated heterocycles. The fraction of sp³-hybridized carbons (Fsp3) is 0.333. The van der Waals surface area contributed by atoms with Crippen molar-refractivity contribution in [3.05, 3.63) is 47.7 Å². The Kier molecular flexibility index (Phi) is 6.59. The minimum Gasteiger partial charge on any atom is -0.469 e. The van der Waals surface area contributed by atoms with Crippen molar-refractivity contribution in [2.75, 3.05) is 23.8 Å². The van der Waals surface area contributed by atoms with Crippen LogP contribution in [-0.4, -0.2) is 30.6 Å².